The van der Waals surface area contributed by atoms with Gasteiger partial charge in [0.1, 0.15) is 0 Å². The fourth-order valence-electron chi connectivity index (χ4n) is 4.13. The average molecular weight is 293 g/mol. The van der Waals surface area contributed by atoms with Gasteiger partial charge in [0.25, 0.3) is 0 Å². The number of aryl methyl sites for hydroxylation is 1. The van der Waals surface area contributed by atoms with E-state index < -0.39 is 0 Å². The largest absolute Gasteiger partial charge is 0.375 e. The smallest absolute Gasteiger partial charge is 0.0686 e. The van der Waals surface area contributed by atoms with E-state index in [2.05, 4.69) is 31.4 Å². The van der Waals surface area contributed by atoms with Gasteiger partial charge in [-0.1, -0.05) is 19.3 Å². The van der Waals surface area contributed by atoms with E-state index >= 15 is 0 Å². The highest BCUT2D eigenvalue weighted by Gasteiger charge is 2.41. The third-order valence-corrected chi connectivity index (χ3v) is 6.23. The summed E-state index contributed by atoms with van der Waals surface area (Å²) in [4.78, 5) is 2.92. The van der Waals surface area contributed by atoms with Crippen LogP contribution in [0.25, 0.3) is 0 Å². The van der Waals surface area contributed by atoms with Gasteiger partial charge in [0.05, 0.1) is 5.60 Å². The molecule has 1 saturated carbocycles. The van der Waals surface area contributed by atoms with E-state index in [9.17, 15) is 0 Å². The van der Waals surface area contributed by atoms with Crippen LogP contribution in [0.3, 0.4) is 0 Å². The molecular weight excluding hydrogens is 266 g/mol. The molecule has 1 aromatic rings. The molecule has 1 spiro atoms. The average Bonchev–Trinajstić information content (AvgIpc) is 2.87. The molecule has 0 amide bonds. The normalized spacial score (nSPS) is 27.6. The van der Waals surface area contributed by atoms with E-state index in [-0.39, 0.29) is 5.60 Å². The molecule has 2 nitrogen and oxygen atoms in total. The summed E-state index contributed by atoms with van der Waals surface area (Å²) in [6.07, 6.45) is 9.12. The van der Waals surface area contributed by atoms with E-state index in [1.54, 1.807) is 0 Å². The highest BCUT2D eigenvalue weighted by Crippen LogP contribution is 2.44. The van der Waals surface area contributed by atoms with Crippen molar-refractivity contribution in [2.24, 2.45) is 5.92 Å². The Balaban J connectivity index is 1.74. The fraction of sp³-hybridized carbons (Fsp3) is 0.765. The van der Waals surface area contributed by atoms with Gasteiger partial charge in [0, 0.05) is 22.4 Å². The minimum Gasteiger partial charge on any atom is -0.375 e. The topological polar surface area (TPSA) is 21.3 Å². The van der Waals surface area contributed by atoms with Crippen LogP contribution in [0.5, 0.6) is 0 Å². The lowest BCUT2D eigenvalue weighted by molar-refractivity contribution is -0.121. The molecule has 2 unspecified atom stereocenters. The van der Waals surface area contributed by atoms with Gasteiger partial charge in [-0.15, -0.1) is 11.3 Å². The molecule has 112 valence electrons. The molecule has 1 saturated heterocycles. The Morgan fingerprint density at radius 1 is 1.30 bits per heavy atom. The van der Waals surface area contributed by atoms with E-state index in [4.69, 9.17) is 4.74 Å². The number of hydrogen-bond acceptors (Lipinski definition) is 3. The lowest BCUT2D eigenvalue weighted by atomic mass is 9.74. The van der Waals surface area contributed by atoms with Crippen LogP contribution in [0.2, 0.25) is 0 Å². The lowest BCUT2D eigenvalue weighted by Gasteiger charge is -2.45. The Bertz CT molecular complexity index is 430. The second-order valence-electron chi connectivity index (χ2n) is 6.56. The van der Waals surface area contributed by atoms with Gasteiger partial charge < -0.3 is 10.1 Å². The molecule has 20 heavy (non-hydrogen) atoms. The summed E-state index contributed by atoms with van der Waals surface area (Å²) < 4.78 is 6.25. The second-order valence-corrected chi connectivity index (χ2v) is 7.88. The Morgan fingerprint density at radius 3 is 2.75 bits per heavy atom. The van der Waals surface area contributed by atoms with Crippen LogP contribution in [-0.4, -0.2) is 19.3 Å². The first-order valence-corrected chi connectivity index (χ1v) is 8.92. The van der Waals surface area contributed by atoms with E-state index in [0.717, 1.165) is 12.5 Å². The predicted molar refractivity (Wildman–Crippen MR) is 85.3 cm³/mol. The monoisotopic (exact) mass is 293 g/mol. The highest BCUT2D eigenvalue weighted by molar-refractivity contribution is 7.12. The van der Waals surface area contributed by atoms with Crippen molar-refractivity contribution in [3.05, 3.63) is 21.9 Å². The van der Waals surface area contributed by atoms with Crippen molar-refractivity contribution < 1.29 is 4.74 Å². The highest BCUT2D eigenvalue weighted by atomic mass is 32.1. The quantitative estimate of drug-likeness (QED) is 0.889. The van der Waals surface area contributed by atoms with Gasteiger partial charge in [0.2, 0.25) is 0 Å². The minimum atomic E-state index is 0.211. The van der Waals surface area contributed by atoms with E-state index in [1.165, 1.54) is 54.7 Å². The predicted octanol–water partition coefficient (Wildman–Crippen LogP) is 4.45. The van der Waals surface area contributed by atoms with Crippen LogP contribution in [0.1, 0.15) is 60.7 Å². The molecule has 3 rings (SSSR count). The number of thiophene rings is 1. The maximum absolute atomic E-state index is 6.25. The van der Waals surface area contributed by atoms with Crippen molar-refractivity contribution in [3.63, 3.8) is 0 Å². The maximum atomic E-state index is 6.25. The van der Waals surface area contributed by atoms with Gasteiger partial charge in [-0.25, -0.2) is 0 Å². The zero-order valence-electron chi connectivity index (χ0n) is 12.8. The van der Waals surface area contributed by atoms with Gasteiger partial charge in [0.15, 0.2) is 0 Å². The molecule has 2 heterocycles. The summed E-state index contributed by atoms with van der Waals surface area (Å²) in [5.74, 6) is 0.727. The third kappa shape index (κ3) is 2.95. The van der Waals surface area contributed by atoms with Crippen LogP contribution >= 0.6 is 11.3 Å². The van der Waals surface area contributed by atoms with Crippen LogP contribution < -0.4 is 5.32 Å². The van der Waals surface area contributed by atoms with Crippen molar-refractivity contribution in [2.45, 2.75) is 63.5 Å². The van der Waals surface area contributed by atoms with Crippen molar-refractivity contribution in [1.82, 2.24) is 5.32 Å². The number of rotatable bonds is 3. The minimum absolute atomic E-state index is 0.211. The first-order valence-electron chi connectivity index (χ1n) is 8.10. The zero-order chi connectivity index (χ0) is 14.0. The molecule has 0 radical (unpaired) electrons. The van der Waals surface area contributed by atoms with Crippen LogP contribution in [0.4, 0.5) is 0 Å². The second kappa shape index (κ2) is 6.17. The van der Waals surface area contributed by atoms with Gasteiger partial charge in [-0.05, 0) is 57.7 Å². The number of ether oxygens (including phenoxy) is 1. The third-order valence-electron chi connectivity index (χ3n) is 5.15. The number of hydrogen-bond donors (Lipinski definition) is 1. The molecule has 2 atom stereocenters. The van der Waals surface area contributed by atoms with Crippen molar-refractivity contribution in [1.29, 1.82) is 0 Å². The van der Waals surface area contributed by atoms with Gasteiger partial charge >= 0.3 is 0 Å². The molecule has 3 heteroatoms. The molecule has 0 bridgehead atoms. The summed E-state index contributed by atoms with van der Waals surface area (Å²) in [5.41, 5.74) is 0.211. The summed E-state index contributed by atoms with van der Waals surface area (Å²) in [6, 6.07) is 5.07. The first-order chi connectivity index (χ1) is 9.72. The number of nitrogens with one attached hydrogen (secondary N) is 1. The molecule has 1 aromatic heterocycles. The maximum Gasteiger partial charge on any atom is 0.0686 e. The van der Waals surface area contributed by atoms with Crippen LogP contribution in [0.15, 0.2) is 12.1 Å². The van der Waals surface area contributed by atoms with Crippen LogP contribution in [-0.2, 0) is 4.74 Å². The summed E-state index contributed by atoms with van der Waals surface area (Å²) >= 11 is 1.95. The van der Waals surface area contributed by atoms with E-state index in [1.807, 2.05) is 11.3 Å². The Labute approximate surface area is 126 Å². The Kier molecular flexibility index (Phi) is 4.49. The Morgan fingerprint density at radius 2 is 2.10 bits per heavy atom. The summed E-state index contributed by atoms with van der Waals surface area (Å²) in [5, 5.41) is 3.58. The van der Waals surface area contributed by atoms with Gasteiger partial charge in [-0.2, -0.15) is 0 Å². The summed E-state index contributed by atoms with van der Waals surface area (Å²) in [7, 11) is 2.11. The molecule has 2 aliphatic rings. The van der Waals surface area contributed by atoms with Gasteiger partial charge in [-0.3, -0.25) is 0 Å². The van der Waals surface area contributed by atoms with E-state index in [0.29, 0.717) is 6.04 Å². The Hall–Kier alpha value is -0.380. The van der Waals surface area contributed by atoms with Crippen molar-refractivity contribution in [3.8, 4) is 0 Å². The molecule has 2 fully saturated rings. The molecular formula is C17H27NOS. The standard InChI is InChI=1S/C17H27NOS/c1-13-6-7-15(20-13)16(18-2)14-8-11-19-17(12-14)9-4-3-5-10-17/h6-7,14,16,18H,3-5,8-12H2,1-2H3. The lowest BCUT2D eigenvalue weighted by Crippen LogP contribution is -2.44. The zero-order valence-corrected chi connectivity index (χ0v) is 13.6. The molecule has 1 aliphatic carbocycles. The summed E-state index contributed by atoms with van der Waals surface area (Å²) in [6.45, 7) is 3.15. The van der Waals surface area contributed by atoms with Crippen molar-refractivity contribution in [2.75, 3.05) is 13.7 Å². The molecule has 0 aromatic carbocycles. The van der Waals surface area contributed by atoms with Crippen LogP contribution in [0, 0.1) is 12.8 Å². The SMILES string of the molecule is CNC(c1ccc(C)s1)C1CCOC2(CCCCC2)C1. The molecule has 1 N–H and O–H groups in total. The fourth-order valence-corrected chi connectivity index (χ4v) is 5.21. The molecule has 1 aliphatic heterocycles. The van der Waals surface area contributed by atoms with Crippen molar-refractivity contribution >= 4 is 11.3 Å². The first kappa shape index (κ1) is 14.6.